The molecule has 1 amide bonds. The monoisotopic (exact) mass is 250 g/mol. The number of nitrogens with two attached hydrogens (primary N) is 1. The highest BCUT2D eigenvalue weighted by Gasteiger charge is 2.06. The van der Waals surface area contributed by atoms with Crippen LogP contribution in [0.3, 0.4) is 0 Å². The standard InChI is InChI=1S/C11H11ClN4O/c12-9-3-2-8(13)6-10(9)15-11(17)7-16-5-1-4-14-16/h1-6H,7,13H2,(H,15,17). The highest BCUT2D eigenvalue weighted by molar-refractivity contribution is 6.33. The quantitative estimate of drug-likeness (QED) is 0.816. The van der Waals surface area contributed by atoms with E-state index in [1.165, 1.54) is 4.68 Å². The molecule has 5 nitrogen and oxygen atoms in total. The van der Waals surface area contributed by atoms with Gasteiger partial charge in [-0.15, -0.1) is 0 Å². The molecule has 1 aromatic carbocycles. The van der Waals surface area contributed by atoms with E-state index in [0.29, 0.717) is 16.4 Å². The Hall–Kier alpha value is -2.01. The number of rotatable bonds is 3. The summed E-state index contributed by atoms with van der Waals surface area (Å²) in [5, 5.41) is 7.07. The molecule has 1 heterocycles. The third kappa shape index (κ3) is 2.98. The molecule has 0 atom stereocenters. The van der Waals surface area contributed by atoms with E-state index in [9.17, 15) is 4.79 Å². The van der Waals surface area contributed by atoms with Crippen molar-refractivity contribution in [2.24, 2.45) is 0 Å². The van der Waals surface area contributed by atoms with E-state index in [2.05, 4.69) is 10.4 Å². The van der Waals surface area contributed by atoms with Crippen LogP contribution in [0, 0.1) is 0 Å². The number of aromatic nitrogens is 2. The molecule has 6 heteroatoms. The van der Waals surface area contributed by atoms with Crippen molar-refractivity contribution in [2.45, 2.75) is 6.54 Å². The number of hydrogen-bond donors (Lipinski definition) is 2. The number of carbonyl (C=O) groups excluding carboxylic acids is 1. The molecule has 0 aliphatic carbocycles. The zero-order chi connectivity index (χ0) is 12.3. The Kier molecular flexibility index (Phi) is 3.30. The van der Waals surface area contributed by atoms with Crippen LogP contribution in [0.25, 0.3) is 0 Å². The van der Waals surface area contributed by atoms with Crippen molar-refractivity contribution in [3.8, 4) is 0 Å². The second-order valence-electron chi connectivity index (χ2n) is 3.49. The van der Waals surface area contributed by atoms with Crippen molar-refractivity contribution < 1.29 is 4.79 Å². The van der Waals surface area contributed by atoms with Gasteiger partial charge in [0.15, 0.2) is 0 Å². The Morgan fingerprint density at radius 2 is 2.35 bits per heavy atom. The van der Waals surface area contributed by atoms with E-state index in [4.69, 9.17) is 17.3 Å². The van der Waals surface area contributed by atoms with Gasteiger partial charge in [-0.05, 0) is 24.3 Å². The number of nitrogen functional groups attached to an aromatic ring is 1. The number of amides is 1. The Morgan fingerprint density at radius 3 is 3.06 bits per heavy atom. The van der Waals surface area contributed by atoms with Crippen LogP contribution >= 0.6 is 11.6 Å². The van der Waals surface area contributed by atoms with Crippen molar-refractivity contribution in [3.05, 3.63) is 41.7 Å². The lowest BCUT2D eigenvalue weighted by atomic mass is 10.3. The molecule has 0 fully saturated rings. The van der Waals surface area contributed by atoms with Crippen LogP contribution < -0.4 is 11.1 Å². The van der Waals surface area contributed by atoms with E-state index in [0.717, 1.165) is 0 Å². The second-order valence-corrected chi connectivity index (χ2v) is 3.90. The second kappa shape index (κ2) is 4.88. The number of carbonyl (C=O) groups is 1. The number of hydrogen-bond acceptors (Lipinski definition) is 3. The van der Waals surface area contributed by atoms with E-state index >= 15 is 0 Å². The Morgan fingerprint density at radius 1 is 1.53 bits per heavy atom. The fraction of sp³-hybridized carbons (Fsp3) is 0.0909. The minimum absolute atomic E-state index is 0.137. The fourth-order valence-corrected chi connectivity index (χ4v) is 1.53. The van der Waals surface area contributed by atoms with Crippen molar-refractivity contribution >= 4 is 28.9 Å². The molecule has 2 rings (SSSR count). The number of nitrogens with one attached hydrogen (secondary N) is 1. The minimum Gasteiger partial charge on any atom is -0.399 e. The number of anilines is 2. The van der Waals surface area contributed by atoms with Crippen LogP contribution in [0.5, 0.6) is 0 Å². The van der Waals surface area contributed by atoms with Gasteiger partial charge in [-0.25, -0.2) is 0 Å². The molecule has 0 spiro atoms. The average molecular weight is 251 g/mol. The molecule has 17 heavy (non-hydrogen) atoms. The molecule has 0 bridgehead atoms. The summed E-state index contributed by atoms with van der Waals surface area (Å²) in [4.78, 5) is 11.7. The first-order valence-corrected chi connectivity index (χ1v) is 5.35. The summed E-state index contributed by atoms with van der Waals surface area (Å²) in [6, 6.07) is 6.68. The molecule has 0 aliphatic rings. The molecule has 3 N–H and O–H groups in total. The van der Waals surface area contributed by atoms with Gasteiger partial charge in [0, 0.05) is 18.1 Å². The van der Waals surface area contributed by atoms with Gasteiger partial charge in [-0.1, -0.05) is 11.6 Å². The first-order chi connectivity index (χ1) is 8.15. The molecule has 1 aromatic heterocycles. The summed E-state index contributed by atoms with van der Waals surface area (Å²) in [6.45, 7) is 0.137. The molecular formula is C11H11ClN4O. The largest absolute Gasteiger partial charge is 0.399 e. The van der Waals surface area contributed by atoms with Crippen LogP contribution in [-0.2, 0) is 11.3 Å². The zero-order valence-electron chi connectivity index (χ0n) is 8.93. The van der Waals surface area contributed by atoms with Gasteiger partial charge >= 0.3 is 0 Å². The van der Waals surface area contributed by atoms with Crippen molar-refractivity contribution in [2.75, 3.05) is 11.1 Å². The summed E-state index contributed by atoms with van der Waals surface area (Å²) in [6.07, 6.45) is 3.32. The summed E-state index contributed by atoms with van der Waals surface area (Å²) in [5.41, 5.74) is 6.66. The lowest BCUT2D eigenvalue weighted by Crippen LogP contribution is -2.19. The first-order valence-electron chi connectivity index (χ1n) is 4.97. The van der Waals surface area contributed by atoms with Crippen molar-refractivity contribution in [1.82, 2.24) is 9.78 Å². The van der Waals surface area contributed by atoms with Gasteiger partial charge in [0.1, 0.15) is 6.54 Å². The van der Waals surface area contributed by atoms with Gasteiger partial charge < -0.3 is 11.1 Å². The van der Waals surface area contributed by atoms with E-state index < -0.39 is 0 Å². The lowest BCUT2D eigenvalue weighted by Gasteiger charge is -2.08. The number of nitrogens with zero attached hydrogens (tertiary/aromatic N) is 2. The topological polar surface area (TPSA) is 72.9 Å². The molecule has 0 aliphatic heterocycles. The molecule has 0 radical (unpaired) electrons. The predicted octanol–water partition coefficient (Wildman–Crippen LogP) is 1.76. The molecule has 88 valence electrons. The lowest BCUT2D eigenvalue weighted by molar-refractivity contribution is -0.116. The molecule has 0 unspecified atom stereocenters. The van der Waals surface area contributed by atoms with Crippen LogP contribution in [0.15, 0.2) is 36.7 Å². The Balaban J connectivity index is 2.05. The van der Waals surface area contributed by atoms with Crippen LogP contribution in [0.2, 0.25) is 5.02 Å². The molecule has 2 aromatic rings. The Labute approximate surface area is 103 Å². The SMILES string of the molecule is Nc1ccc(Cl)c(NC(=O)Cn2cccn2)c1. The van der Waals surface area contributed by atoms with Crippen molar-refractivity contribution in [3.63, 3.8) is 0 Å². The first kappa shape index (κ1) is 11.5. The Bertz CT molecular complexity index is 524. The summed E-state index contributed by atoms with van der Waals surface area (Å²) in [5.74, 6) is -0.207. The molecular weight excluding hydrogens is 240 g/mol. The third-order valence-corrected chi connectivity index (χ3v) is 2.46. The third-order valence-electron chi connectivity index (χ3n) is 2.13. The normalized spacial score (nSPS) is 10.2. The maximum Gasteiger partial charge on any atom is 0.246 e. The van der Waals surface area contributed by atoms with Gasteiger partial charge in [0.25, 0.3) is 0 Å². The van der Waals surface area contributed by atoms with Gasteiger partial charge in [-0.2, -0.15) is 5.10 Å². The van der Waals surface area contributed by atoms with Gasteiger partial charge in [0.05, 0.1) is 10.7 Å². The van der Waals surface area contributed by atoms with Gasteiger partial charge in [0.2, 0.25) is 5.91 Å². The van der Waals surface area contributed by atoms with E-state index in [1.807, 2.05) is 0 Å². The number of halogens is 1. The smallest absolute Gasteiger partial charge is 0.246 e. The summed E-state index contributed by atoms with van der Waals surface area (Å²) < 4.78 is 1.52. The van der Waals surface area contributed by atoms with E-state index in [1.54, 1.807) is 36.7 Å². The minimum atomic E-state index is -0.207. The van der Waals surface area contributed by atoms with Crippen LogP contribution in [-0.4, -0.2) is 15.7 Å². The maximum atomic E-state index is 11.7. The molecule has 0 saturated carbocycles. The van der Waals surface area contributed by atoms with Gasteiger partial charge in [-0.3, -0.25) is 9.48 Å². The fourth-order valence-electron chi connectivity index (χ4n) is 1.37. The summed E-state index contributed by atoms with van der Waals surface area (Å²) in [7, 11) is 0. The summed E-state index contributed by atoms with van der Waals surface area (Å²) >= 11 is 5.93. The highest BCUT2D eigenvalue weighted by atomic mass is 35.5. The average Bonchev–Trinajstić information content (AvgIpc) is 2.76. The highest BCUT2D eigenvalue weighted by Crippen LogP contribution is 2.23. The van der Waals surface area contributed by atoms with E-state index in [-0.39, 0.29) is 12.5 Å². The van der Waals surface area contributed by atoms with Crippen LogP contribution in [0.1, 0.15) is 0 Å². The maximum absolute atomic E-state index is 11.7. The molecule has 0 saturated heterocycles. The number of benzene rings is 1. The van der Waals surface area contributed by atoms with Crippen molar-refractivity contribution in [1.29, 1.82) is 0 Å². The zero-order valence-corrected chi connectivity index (χ0v) is 9.69. The predicted molar refractivity (Wildman–Crippen MR) is 66.7 cm³/mol. The van der Waals surface area contributed by atoms with Crippen LogP contribution in [0.4, 0.5) is 11.4 Å².